The molecule has 0 heterocycles. The van der Waals surface area contributed by atoms with Gasteiger partial charge in [-0.05, 0) is 48.7 Å². The maximum atomic E-state index is 10.9. The molecule has 0 aromatic heterocycles. The second-order valence-corrected chi connectivity index (χ2v) is 3.72. The van der Waals surface area contributed by atoms with Crippen LogP contribution in [-0.4, -0.2) is 18.2 Å². The number of nitroso groups, excluding NO2 is 1. The second kappa shape index (κ2) is 4.30. The highest BCUT2D eigenvalue weighted by Crippen LogP contribution is 2.32. The zero-order valence-corrected chi connectivity index (χ0v) is 9.74. The minimum atomic E-state index is -1.07. The number of carbonyl (C=O) groups is 1. The van der Waals surface area contributed by atoms with E-state index in [2.05, 4.69) is 5.18 Å². The largest absolute Gasteiger partial charge is 0.465 e. The first kappa shape index (κ1) is 12.2. The van der Waals surface area contributed by atoms with Crippen molar-refractivity contribution in [3.05, 3.63) is 27.7 Å². The van der Waals surface area contributed by atoms with Gasteiger partial charge in [-0.2, -0.15) is 0 Å². The van der Waals surface area contributed by atoms with E-state index in [-0.39, 0.29) is 5.69 Å². The van der Waals surface area contributed by atoms with Gasteiger partial charge in [0.25, 0.3) is 0 Å². The summed E-state index contributed by atoms with van der Waals surface area (Å²) in [7, 11) is 1.44. The van der Waals surface area contributed by atoms with Gasteiger partial charge in [-0.25, -0.2) is 4.79 Å². The standard InChI is InChI=1S/C11H14N2O3/c1-6-7(2)9(12-16)5-10(8(6)3)13(4)11(14)15/h5H,1-4H3,(H,14,15). The number of nitrogens with zero attached hydrogens (tertiary/aromatic N) is 2. The Hall–Kier alpha value is -1.91. The second-order valence-electron chi connectivity index (χ2n) is 3.72. The summed E-state index contributed by atoms with van der Waals surface area (Å²) in [5.41, 5.74) is 3.29. The third kappa shape index (κ3) is 1.88. The fourth-order valence-electron chi connectivity index (χ4n) is 1.56. The lowest BCUT2D eigenvalue weighted by molar-refractivity contribution is 0.203. The molecule has 5 heteroatoms. The molecule has 1 aromatic carbocycles. The molecule has 0 bridgehead atoms. The molecule has 0 radical (unpaired) electrons. The Morgan fingerprint density at radius 3 is 2.25 bits per heavy atom. The predicted octanol–water partition coefficient (Wildman–Crippen LogP) is 3.12. The van der Waals surface area contributed by atoms with Crippen LogP contribution in [0.25, 0.3) is 0 Å². The van der Waals surface area contributed by atoms with Crippen LogP contribution in [0, 0.1) is 25.7 Å². The van der Waals surface area contributed by atoms with Crippen LogP contribution < -0.4 is 4.90 Å². The van der Waals surface area contributed by atoms with Crippen molar-refractivity contribution >= 4 is 17.5 Å². The summed E-state index contributed by atoms with van der Waals surface area (Å²) in [4.78, 5) is 22.6. The molecule has 0 atom stereocenters. The molecule has 1 aromatic rings. The average molecular weight is 222 g/mol. The Balaban J connectivity index is 3.46. The van der Waals surface area contributed by atoms with Crippen molar-refractivity contribution in [3.8, 4) is 0 Å². The molecule has 86 valence electrons. The van der Waals surface area contributed by atoms with Gasteiger partial charge in [0.15, 0.2) is 0 Å². The highest BCUT2D eigenvalue weighted by molar-refractivity contribution is 5.88. The number of anilines is 1. The summed E-state index contributed by atoms with van der Waals surface area (Å²) in [6, 6.07) is 1.50. The number of hydrogen-bond acceptors (Lipinski definition) is 3. The fraction of sp³-hybridized carbons (Fsp3) is 0.364. The van der Waals surface area contributed by atoms with Crippen molar-refractivity contribution in [1.82, 2.24) is 0 Å². The molecule has 0 saturated carbocycles. The molecule has 0 aliphatic heterocycles. The summed E-state index contributed by atoms with van der Waals surface area (Å²) in [6.07, 6.45) is -1.07. The normalized spacial score (nSPS) is 10.0. The molecule has 0 aliphatic carbocycles. The molecule has 0 unspecified atom stereocenters. The molecule has 0 saturated heterocycles. The first-order chi connectivity index (χ1) is 7.40. The monoisotopic (exact) mass is 222 g/mol. The van der Waals surface area contributed by atoms with Crippen LogP contribution in [0.4, 0.5) is 16.2 Å². The molecule has 1 rings (SSSR count). The third-order valence-corrected chi connectivity index (χ3v) is 2.91. The zero-order chi connectivity index (χ0) is 12.5. The smallest absolute Gasteiger partial charge is 0.411 e. The maximum absolute atomic E-state index is 10.9. The van der Waals surface area contributed by atoms with Gasteiger partial charge in [0.1, 0.15) is 5.69 Å². The van der Waals surface area contributed by atoms with E-state index in [1.54, 1.807) is 6.92 Å². The highest BCUT2D eigenvalue weighted by atomic mass is 16.4. The lowest BCUT2D eigenvalue weighted by Gasteiger charge is -2.19. The highest BCUT2D eigenvalue weighted by Gasteiger charge is 2.16. The topological polar surface area (TPSA) is 70.0 Å². The molecule has 5 nitrogen and oxygen atoms in total. The van der Waals surface area contributed by atoms with Gasteiger partial charge in [0.05, 0.1) is 5.69 Å². The van der Waals surface area contributed by atoms with Crippen molar-refractivity contribution in [2.24, 2.45) is 5.18 Å². The van der Waals surface area contributed by atoms with Crippen LogP contribution in [0.3, 0.4) is 0 Å². The van der Waals surface area contributed by atoms with Crippen molar-refractivity contribution in [3.63, 3.8) is 0 Å². The number of benzene rings is 1. The number of carboxylic acid groups (broad SMARTS) is 1. The van der Waals surface area contributed by atoms with Gasteiger partial charge in [-0.3, -0.25) is 4.90 Å². The average Bonchev–Trinajstić information content (AvgIpc) is 2.25. The van der Waals surface area contributed by atoms with Crippen LogP contribution in [0.5, 0.6) is 0 Å². The van der Waals surface area contributed by atoms with Gasteiger partial charge >= 0.3 is 6.09 Å². The molecule has 0 fully saturated rings. The quantitative estimate of drug-likeness (QED) is 0.781. The minimum Gasteiger partial charge on any atom is -0.465 e. The molecular formula is C11H14N2O3. The molecule has 0 spiro atoms. The van der Waals surface area contributed by atoms with Crippen LogP contribution in [0.15, 0.2) is 11.2 Å². The summed E-state index contributed by atoms with van der Waals surface area (Å²) in [5, 5.41) is 11.8. The van der Waals surface area contributed by atoms with Gasteiger partial charge in [0.2, 0.25) is 0 Å². The summed E-state index contributed by atoms with van der Waals surface area (Å²) in [5.74, 6) is 0. The molecule has 1 amide bonds. The van der Waals surface area contributed by atoms with Crippen molar-refractivity contribution in [2.75, 3.05) is 11.9 Å². The minimum absolute atomic E-state index is 0.284. The van der Waals surface area contributed by atoms with Crippen LogP contribution in [0.1, 0.15) is 16.7 Å². The predicted molar refractivity (Wildman–Crippen MR) is 62.5 cm³/mol. The SMILES string of the molecule is Cc1c(N=O)cc(N(C)C(=O)O)c(C)c1C. The van der Waals surface area contributed by atoms with Crippen molar-refractivity contribution in [2.45, 2.75) is 20.8 Å². The lowest BCUT2D eigenvalue weighted by Crippen LogP contribution is -2.24. The van der Waals surface area contributed by atoms with Gasteiger partial charge in [-0.15, -0.1) is 4.91 Å². The van der Waals surface area contributed by atoms with Crippen molar-refractivity contribution < 1.29 is 9.90 Å². The van der Waals surface area contributed by atoms with E-state index in [9.17, 15) is 9.70 Å². The number of rotatable bonds is 2. The van der Waals surface area contributed by atoms with E-state index >= 15 is 0 Å². The van der Waals surface area contributed by atoms with E-state index in [4.69, 9.17) is 5.11 Å². The van der Waals surface area contributed by atoms with Gasteiger partial charge in [0, 0.05) is 7.05 Å². The first-order valence-electron chi connectivity index (χ1n) is 4.81. The van der Waals surface area contributed by atoms with E-state index in [1.807, 2.05) is 13.8 Å². The Kier molecular flexibility index (Phi) is 3.27. The van der Waals surface area contributed by atoms with Gasteiger partial charge < -0.3 is 5.11 Å². The Morgan fingerprint density at radius 1 is 1.25 bits per heavy atom. The molecule has 0 aliphatic rings. The van der Waals surface area contributed by atoms with E-state index in [1.165, 1.54) is 13.1 Å². The number of amides is 1. The lowest BCUT2D eigenvalue weighted by atomic mass is 10.0. The Bertz CT molecular complexity index is 455. The molecule has 16 heavy (non-hydrogen) atoms. The van der Waals surface area contributed by atoms with Crippen molar-refractivity contribution in [1.29, 1.82) is 0 Å². The Morgan fingerprint density at radius 2 is 1.81 bits per heavy atom. The fourth-order valence-corrected chi connectivity index (χ4v) is 1.56. The zero-order valence-electron chi connectivity index (χ0n) is 9.74. The molecule has 1 N–H and O–H groups in total. The first-order valence-corrected chi connectivity index (χ1v) is 4.81. The van der Waals surface area contributed by atoms with E-state index in [0.717, 1.165) is 21.6 Å². The van der Waals surface area contributed by atoms with Gasteiger partial charge in [-0.1, -0.05) is 0 Å². The summed E-state index contributed by atoms with van der Waals surface area (Å²) >= 11 is 0. The van der Waals surface area contributed by atoms with E-state index < -0.39 is 6.09 Å². The maximum Gasteiger partial charge on any atom is 0.411 e. The summed E-state index contributed by atoms with van der Waals surface area (Å²) < 4.78 is 0. The van der Waals surface area contributed by atoms with E-state index in [0.29, 0.717) is 5.69 Å². The number of hydrogen-bond donors (Lipinski definition) is 1. The Labute approximate surface area is 93.7 Å². The molecular weight excluding hydrogens is 208 g/mol. The van der Waals surface area contributed by atoms with Crippen LogP contribution in [0.2, 0.25) is 0 Å². The third-order valence-electron chi connectivity index (χ3n) is 2.91. The van der Waals surface area contributed by atoms with Crippen LogP contribution >= 0.6 is 0 Å². The van der Waals surface area contributed by atoms with Crippen LogP contribution in [-0.2, 0) is 0 Å². The summed E-state index contributed by atoms with van der Waals surface area (Å²) in [6.45, 7) is 5.47.